The van der Waals surface area contributed by atoms with E-state index >= 15 is 0 Å². The quantitative estimate of drug-likeness (QED) is 0.788. The van der Waals surface area contributed by atoms with Crippen molar-refractivity contribution in [3.63, 3.8) is 0 Å². The average Bonchev–Trinajstić information content (AvgIpc) is 2.46. The van der Waals surface area contributed by atoms with Crippen molar-refractivity contribution in [3.8, 4) is 0 Å². The molecule has 2 rings (SSSR count). The van der Waals surface area contributed by atoms with Crippen LogP contribution >= 0.6 is 0 Å². The first-order valence-corrected chi connectivity index (χ1v) is 8.08. The van der Waals surface area contributed by atoms with Crippen LogP contribution in [0, 0.1) is 0 Å². The molecule has 1 heterocycles. The van der Waals surface area contributed by atoms with Crippen molar-refractivity contribution in [3.05, 3.63) is 0 Å². The van der Waals surface area contributed by atoms with E-state index < -0.39 is 11.1 Å². The number of unbranched alkanes of at least 4 members (excludes halogenated alkanes) is 1. The highest BCUT2D eigenvalue weighted by atomic mass is 16.5. The Bertz CT molecular complexity index is 400. The molecule has 0 bridgehead atoms. The Morgan fingerprint density at radius 1 is 1.14 bits per heavy atom. The lowest BCUT2D eigenvalue weighted by Crippen LogP contribution is -2.74. The number of hydrogen-bond acceptors (Lipinski definition) is 3. The van der Waals surface area contributed by atoms with Crippen LogP contribution in [0.5, 0.6) is 0 Å². The van der Waals surface area contributed by atoms with Gasteiger partial charge in [-0.2, -0.15) is 0 Å². The predicted molar refractivity (Wildman–Crippen MR) is 80.9 cm³/mol. The molecule has 2 fully saturated rings. The van der Waals surface area contributed by atoms with Crippen molar-refractivity contribution >= 4 is 11.8 Å². The van der Waals surface area contributed by atoms with E-state index in [4.69, 9.17) is 4.74 Å². The van der Waals surface area contributed by atoms with Gasteiger partial charge in [-0.05, 0) is 39.5 Å². The number of carbonyl (C=O) groups is 2. The van der Waals surface area contributed by atoms with E-state index in [1.165, 1.54) is 0 Å². The molecule has 1 saturated heterocycles. The van der Waals surface area contributed by atoms with Crippen LogP contribution in [0.4, 0.5) is 0 Å². The molecule has 1 N–H and O–H groups in total. The van der Waals surface area contributed by atoms with E-state index in [0.29, 0.717) is 13.2 Å². The highest BCUT2D eigenvalue weighted by molar-refractivity contribution is 6.01. The van der Waals surface area contributed by atoms with Crippen molar-refractivity contribution in [1.29, 1.82) is 0 Å². The lowest BCUT2D eigenvalue weighted by atomic mass is 9.76. The van der Waals surface area contributed by atoms with Gasteiger partial charge in [0.05, 0.1) is 0 Å². The van der Waals surface area contributed by atoms with E-state index in [1.54, 1.807) is 12.0 Å². The third-order valence-corrected chi connectivity index (χ3v) is 4.93. The van der Waals surface area contributed by atoms with Crippen LogP contribution in [-0.4, -0.2) is 48.1 Å². The summed E-state index contributed by atoms with van der Waals surface area (Å²) in [6, 6.07) is 0. The normalized spacial score (nSPS) is 24.2. The summed E-state index contributed by atoms with van der Waals surface area (Å²) in [5.74, 6) is 0.0972. The number of piperazine rings is 1. The van der Waals surface area contributed by atoms with Gasteiger partial charge in [0.25, 0.3) is 0 Å². The van der Waals surface area contributed by atoms with Gasteiger partial charge in [-0.3, -0.25) is 9.59 Å². The largest absolute Gasteiger partial charge is 0.385 e. The van der Waals surface area contributed by atoms with Gasteiger partial charge in [-0.15, -0.1) is 0 Å². The predicted octanol–water partition coefficient (Wildman–Crippen LogP) is 1.85. The Morgan fingerprint density at radius 3 is 2.43 bits per heavy atom. The first kappa shape index (κ1) is 16.3. The van der Waals surface area contributed by atoms with Crippen LogP contribution in [0.1, 0.15) is 58.8 Å². The molecule has 0 aromatic carbocycles. The van der Waals surface area contributed by atoms with Gasteiger partial charge in [-0.25, -0.2) is 0 Å². The van der Waals surface area contributed by atoms with E-state index in [2.05, 4.69) is 5.32 Å². The molecule has 0 atom stereocenters. The number of carbonyl (C=O) groups excluding carboxylic acids is 2. The molecule has 0 unspecified atom stereocenters. The maximum Gasteiger partial charge on any atom is 0.249 e. The summed E-state index contributed by atoms with van der Waals surface area (Å²) in [5, 5.41) is 3.05. The maximum atomic E-state index is 13.0. The van der Waals surface area contributed by atoms with E-state index in [1.807, 2.05) is 13.8 Å². The van der Waals surface area contributed by atoms with Crippen LogP contribution in [0.15, 0.2) is 0 Å². The van der Waals surface area contributed by atoms with Gasteiger partial charge >= 0.3 is 0 Å². The molecule has 0 radical (unpaired) electrons. The van der Waals surface area contributed by atoms with E-state index in [0.717, 1.165) is 44.9 Å². The van der Waals surface area contributed by atoms with Crippen molar-refractivity contribution < 1.29 is 14.3 Å². The molecule has 1 saturated carbocycles. The lowest BCUT2D eigenvalue weighted by Gasteiger charge is -2.51. The molecule has 1 spiro atoms. The van der Waals surface area contributed by atoms with Gasteiger partial charge in [-0.1, -0.05) is 19.3 Å². The summed E-state index contributed by atoms with van der Waals surface area (Å²) in [6.45, 7) is 5.00. The summed E-state index contributed by atoms with van der Waals surface area (Å²) in [7, 11) is 1.68. The summed E-state index contributed by atoms with van der Waals surface area (Å²) >= 11 is 0. The van der Waals surface area contributed by atoms with Crippen molar-refractivity contribution in [1.82, 2.24) is 10.2 Å². The topological polar surface area (TPSA) is 58.6 Å². The van der Waals surface area contributed by atoms with Crippen molar-refractivity contribution in [2.24, 2.45) is 0 Å². The molecule has 2 aliphatic rings. The van der Waals surface area contributed by atoms with Crippen LogP contribution in [0.3, 0.4) is 0 Å². The van der Waals surface area contributed by atoms with E-state index in [9.17, 15) is 9.59 Å². The first-order valence-electron chi connectivity index (χ1n) is 8.08. The zero-order valence-electron chi connectivity index (χ0n) is 13.5. The Kier molecular flexibility index (Phi) is 4.91. The Morgan fingerprint density at radius 2 is 1.81 bits per heavy atom. The van der Waals surface area contributed by atoms with Crippen LogP contribution in [0.2, 0.25) is 0 Å². The van der Waals surface area contributed by atoms with Crippen molar-refractivity contribution in [2.45, 2.75) is 69.9 Å². The molecule has 120 valence electrons. The second-order valence-corrected chi connectivity index (χ2v) is 6.81. The summed E-state index contributed by atoms with van der Waals surface area (Å²) in [6.07, 6.45) is 6.53. The number of rotatable bonds is 5. The fourth-order valence-corrected chi connectivity index (χ4v) is 3.45. The van der Waals surface area contributed by atoms with Gasteiger partial charge in [0.2, 0.25) is 11.8 Å². The fourth-order valence-electron chi connectivity index (χ4n) is 3.45. The molecule has 5 heteroatoms. The standard InChI is InChI=1S/C16H28N2O3/c1-15(2)13(19)17-16(9-5-4-6-10-16)14(20)18(15)11-7-8-12-21-3/h4-12H2,1-3H3,(H,17,19). The summed E-state index contributed by atoms with van der Waals surface area (Å²) in [4.78, 5) is 27.3. The molecular weight excluding hydrogens is 268 g/mol. The molecule has 21 heavy (non-hydrogen) atoms. The number of nitrogens with one attached hydrogen (secondary N) is 1. The SMILES string of the molecule is COCCCCN1C(=O)C2(CCCCC2)NC(=O)C1(C)C. The number of methoxy groups -OCH3 is 1. The molecular formula is C16H28N2O3. The number of nitrogens with zero attached hydrogens (tertiary/aromatic N) is 1. The Balaban J connectivity index is 2.13. The first-order chi connectivity index (χ1) is 9.94. The van der Waals surface area contributed by atoms with Crippen LogP contribution < -0.4 is 5.32 Å². The van der Waals surface area contributed by atoms with Gasteiger partial charge < -0.3 is 15.0 Å². The summed E-state index contributed by atoms with van der Waals surface area (Å²) in [5.41, 5.74) is -1.39. The minimum atomic E-state index is -0.757. The third-order valence-electron chi connectivity index (χ3n) is 4.93. The van der Waals surface area contributed by atoms with Gasteiger partial charge in [0, 0.05) is 20.3 Å². The zero-order valence-corrected chi connectivity index (χ0v) is 13.5. The molecule has 5 nitrogen and oxygen atoms in total. The maximum absolute atomic E-state index is 13.0. The fraction of sp³-hybridized carbons (Fsp3) is 0.875. The lowest BCUT2D eigenvalue weighted by molar-refractivity contribution is -0.162. The molecule has 2 amide bonds. The smallest absolute Gasteiger partial charge is 0.249 e. The average molecular weight is 296 g/mol. The minimum absolute atomic E-state index is 0.0178. The molecule has 1 aliphatic heterocycles. The molecule has 0 aromatic rings. The second-order valence-electron chi connectivity index (χ2n) is 6.81. The van der Waals surface area contributed by atoms with Crippen LogP contribution in [0.25, 0.3) is 0 Å². The number of amides is 2. The van der Waals surface area contributed by atoms with Gasteiger partial charge in [0.15, 0.2) is 0 Å². The number of hydrogen-bond donors (Lipinski definition) is 1. The number of ether oxygens (including phenoxy) is 1. The summed E-state index contributed by atoms with van der Waals surface area (Å²) < 4.78 is 5.06. The monoisotopic (exact) mass is 296 g/mol. The zero-order chi connectivity index (χ0) is 15.5. The van der Waals surface area contributed by atoms with E-state index in [-0.39, 0.29) is 11.8 Å². The highest BCUT2D eigenvalue weighted by Gasteiger charge is 2.54. The third kappa shape index (κ3) is 3.07. The van der Waals surface area contributed by atoms with Crippen molar-refractivity contribution in [2.75, 3.05) is 20.3 Å². The Hall–Kier alpha value is -1.10. The minimum Gasteiger partial charge on any atom is -0.385 e. The second kappa shape index (κ2) is 6.34. The van der Waals surface area contributed by atoms with Crippen LogP contribution in [-0.2, 0) is 14.3 Å². The Labute approximate surface area is 127 Å². The highest BCUT2D eigenvalue weighted by Crippen LogP contribution is 2.36. The molecule has 1 aliphatic carbocycles. The molecule has 0 aromatic heterocycles. The van der Waals surface area contributed by atoms with Gasteiger partial charge in [0.1, 0.15) is 11.1 Å².